The van der Waals surface area contributed by atoms with Gasteiger partial charge in [-0.2, -0.15) is 0 Å². The quantitative estimate of drug-likeness (QED) is 0.171. The summed E-state index contributed by atoms with van der Waals surface area (Å²) in [5.74, 6) is 1.89. The summed E-state index contributed by atoms with van der Waals surface area (Å²) in [5.41, 5.74) is 11.8. The van der Waals surface area contributed by atoms with Gasteiger partial charge in [-0.1, -0.05) is 146 Å². The second-order valence-electron chi connectivity index (χ2n) is 14.2. The number of nitrogens with zero attached hydrogens (tertiary/aromatic N) is 4. The molecule has 0 fully saturated rings. The van der Waals surface area contributed by atoms with Gasteiger partial charge < -0.3 is 0 Å². The minimum atomic E-state index is -0.531. The van der Waals surface area contributed by atoms with Gasteiger partial charge in [-0.3, -0.25) is 4.98 Å². The molecule has 0 saturated heterocycles. The van der Waals surface area contributed by atoms with Gasteiger partial charge in [0.25, 0.3) is 0 Å². The number of thiophene rings is 1. The van der Waals surface area contributed by atoms with Gasteiger partial charge in [-0.15, -0.1) is 11.3 Å². The molecule has 1 aliphatic rings. The van der Waals surface area contributed by atoms with Crippen LogP contribution in [0.3, 0.4) is 0 Å². The Balaban J connectivity index is 1.13. The maximum absolute atomic E-state index is 5.28. The molecule has 1 aliphatic carbocycles. The molecule has 0 spiro atoms. The van der Waals surface area contributed by atoms with Crippen molar-refractivity contribution in [2.24, 2.45) is 0 Å². The third-order valence-electron chi connectivity index (χ3n) is 11.1. The molecule has 0 unspecified atom stereocenters. The van der Waals surface area contributed by atoms with Crippen molar-refractivity contribution in [2.75, 3.05) is 0 Å². The molecule has 7 aromatic carbocycles. The molecule has 0 N–H and O–H groups in total. The van der Waals surface area contributed by atoms with E-state index in [9.17, 15) is 0 Å². The fourth-order valence-electron chi connectivity index (χ4n) is 8.56. The Morgan fingerprint density at radius 2 is 0.946 bits per heavy atom. The highest BCUT2D eigenvalue weighted by Gasteiger charge is 2.46. The van der Waals surface area contributed by atoms with Crippen LogP contribution in [0.2, 0.25) is 0 Å². The molecule has 4 nitrogen and oxygen atoms in total. The largest absolute Gasteiger partial charge is 0.264 e. The van der Waals surface area contributed by atoms with Crippen LogP contribution < -0.4 is 0 Å². The van der Waals surface area contributed by atoms with Crippen LogP contribution in [0, 0.1) is 0 Å². The second kappa shape index (κ2) is 13.0. The van der Waals surface area contributed by atoms with Crippen molar-refractivity contribution in [1.29, 1.82) is 0 Å². The molecular weight excluding hydrogens is 701 g/mol. The lowest BCUT2D eigenvalue weighted by Crippen LogP contribution is -2.28. The lowest BCUT2D eigenvalue weighted by atomic mass is 9.67. The van der Waals surface area contributed by atoms with Crippen LogP contribution in [-0.2, 0) is 5.41 Å². The van der Waals surface area contributed by atoms with E-state index < -0.39 is 5.41 Å². The SMILES string of the molecule is c1ccc(C2(c3ccccc3)c3ccccc3-c3ccc(-c4nc(-c5ccc(-c6cccnc6)cc5)nc(-c5ccc6sc7ccccc7c6c5)n4)cc32)cc1. The van der Waals surface area contributed by atoms with Crippen LogP contribution in [-0.4, -0.2) is 19.9 Å². The van der Waals surface area contributed by atoms with Gasteiger partial charge >= 0.3 is 0 Å². The van der Waals surface area contributed by atoms with E-state index in [2.05, 4.69) is 181 Å². The third-order valence-corrected chi connectivity index (χ3v) is 12.3. The zero-order valence-electron chi connectivity index (χ0n) is 30.2. The molecule has 0 aliphatic heterocycles. The fraction of sp³-hybridized carbons (Fsp3) is 0.0196. The summed E-state index contributed by atoms with van der Waals surface area (Å²) < 4.78 is 2.51. The van der Waals surface area contributed by atoms with E-state index in [1.54, 1.807) is 6.20 Å². The minimum Gasteiger partial charge on any atom is -0.264 e. The van der Waals surface area contributed by atoms with Gasteiger partial charge in [-0.05, 0) is 80.9 Å². The lowest BCUT2D eigenvalue weighted by molar-refractivity contribution is 0.768. The van der Waals surface area contributed by atoms with Crippen molar-refractivity contribution in [3.05, 3.63) is 217 Å². The van der Waals surface area contributed by atoms with Gasteiger partial charge in [0, 0.05) is 49.3 Å². The summed E-state index contributed by atoms with van der Waals surface area (Å²) in [6.45, 7) is 0. The van der Waals surface area contributed by atoms with E-state index in [0.717, 1.165) is 27.8 Å². The van der Waals surface area contributed by atoms with Crippen molar-refractivity contribution in [3.63, 3.8) is 0 Å². The van der Waals surface area contributed by atoms with Crippen molar-refractivity contribution < 1.29 is 0 Å². The van der Waals surface area contributed by atoms with Crippen LogP contribution in [0.1, 0.15) is 22.3 Å². The Hall–Kier alpha value is -7.08. The average molecular weight is 733 g/mol. The molecule has 56 heavy (non-hydrogen) atoms. The maximum atomic E-state index is 5.28. The molecule has 0 amide bonds. The van der Waals surface area contributed by atoms with Crippen LogP contribution >= 0.6 is 11.3 Å². The number of benzene rings is 7. The van der Waals surface area contributed by atoms with Gasteiger partial charge in [-0.25, -0.2) is 15.0 Å². The van der Waals surface area contributed by atoms with Crippen molar-refractivity contribution in [3.8, 4) is 56.4 Å². The zero-order chi connectivity index (χ0) is 37.1. The summed E-state index contributed by atoms with van der Waals surface area (Å²) in [5, 5.41) is 2.45. The molecule has 0 radical (unpaired) electrons. The van der Waals surface area contributed by atoms with E-state index in [4.69, 9.17) is 15.0 Å². The van der Waals surface area contributed by atoms with E-state index in [-0.39, 0.29) is 0 Å². The maximum Gasteiger partial charge on any atom is 0.164 e. The minimum absolute atomic E-state index is 0.531. The molecule has 0 atom stereocenters. The van der Waals surface area contributed by atoms with E-state index in [1.165, 1.54) is 53.6 Å². The van der Waals surface area contributed by atoms with Gasteiger partial charge in [0.15, 0.2) is 17.5 Å². The normalized spacial score (nSPS) is 12.8. The second-order valence-corrected chi connectivity index (χ2v) is 15.3. The number of pyridine rings is 1. The topological polar surface area (TPSA) is 51.6 Å². The molecule has 262 valence electrons. The number of rotatable bonds is 6. The molecule has 3 aromatic heterocycles. The van der Waals surface area contributed by atoms with E-state index in [0.29, 0.717) is 17.5 Å². The number of aromatic nitrogens is 4. The summed E-state index contributed by atoms with van der Waals surface area (Å²) in [7, 11) is 0. The predicted molar refractivity (Wildman–Crippen MR) is 230 cm³/mol. The van der Waals surface area contributed by atoms with Crippen LogP contribution in [0.4, 0.5) is 0 Å². The zero-order valence-corrected chi connectivity index (χ0v) is 31.0. The first-order chi connectivity index (χ1) is 27.7. The number of hydrogen-bond donors (Lipinski definition) is 0. The summed E-state index contributed by atoms with van der Waals surface area (Å²) in [6, 6.07) is 64.9. The first kappa shape index (κ1) is 32.4. The summed E-state index contributed by atoms with van der Waals surface area (Å²) in [6.07, 6.45) is 3.68. The highest BCUT2D eigenvalue weighted by Crippen LogP contribution is 2.56. The fourth-order valence-corrected chi connectivity index (χ4v) is 9.64. The van der Waals surface area contributed by atoms with Crippen LogP contribution in [0.5, 0.6) is 0 Å². The van der Waals surface area contributed by atoms with Crippen molar-refractivity contribution in [2.45, 2.75) is 5.41 Å². The Labute approximate surface area is 328 Å². The average Bonchev–Trinajstić information content (AvgIpc) is 3.80. The predicted octanol–water partition coefficient (Wildman–Crippen LogP) is 12.7. The van der Waals surface area contributed by atoms with E-state index >= 15 is 0 Å². The molecule has 0 bridgehead atoms. The molecule has 5 heteroatoms. The molecular formula is C51H32N4S. The summed E-state index contributed by atoms with van der Waals surface area (Å²) in [4.78, 5) is 20.0. The Kier molecular flexibility index (Phi) is 7.54. The van der Waals surface area contributed by atoms with Crippen molar-refractivity contribution in [1.82, 2.24) is 19.9 Å². The van der Waals surface area contributed by atoms with Gasteiger partial charge in [0.2, 0.25) is 0 Å². The first-order valence-electron chi connectivity index (χ1n) is 18.8. The highest BCUT2D eigenvalue weighted by molar-refractivity contribution is 7.25. The molecule has 0 saturated carbocycles. The molecule has 11 rings (SSSR count). The smallest absolute Gasteiger partial charge is 0.164 e. The summed E-state index contributed by atoms with van der Waals surface area (Å²) >= 11 is 1.81. The van der Waals surface area contributed by atoms with Crippen LogP contribution in [0.15, 0.2) is 194 Å². The van der Waals surface area contributed by atoms with Crippen LogP contribution in [0.25, 0.3) is 76.6 Å². The Morgan fingerprint density at radius 3 is 1.68 bits per heavy atom. The standard InChI is InChI=1S/C51H32N4S/c1-3-13-38(14-4-1)51(39-15-5-2-6-16-39)44-19-9-7-17-40(44)41-27-25-36(31-45(41)51)50-54-48(34-23-21-33(22-24-34)37-12-11-29-52-32-37)53-49(55-50)35-26-28-47-43(30-35)42-18-8-10-20-46(42)56-47/h1-32H. The number of hydrogen-bond acceptors (Lipinski definition) is 5. The third kappa shape index (κ3) is 5.13. The molecule has 3 heterocycles. The molecule has 10 aromatic rings. The first-order valence-corrected chi connectivity index (χ1v) is 19.6. The monoisotopic (exact) mass is 732 g/mol. The van der Waals surface area contributed by atoms with Gasteiger partial charge in [0.05, 0.1) is 5.41 Å². The Bertz CT molecular complexity index is 3030. The highest BCUT2D eigenvalue weighted by atomic mass is 32.1. The lowest BCUT2D eigenvalue weighted by Gasteiger charge is -2.34. The number of fused-ring (bicyclic) bond motifs is 6. The van der Waals surface area contributed by atoms with E-state index in [1.807, 2.05) is 23.6 Å². The van der Waals surface area contributed by atoms with Crippen molar-refractivity contribution >= 4 is 31.5 Å². The van der Waals surface area contributed by atoms with Gasteiger partial charge in [0.1, 0.15) is 0 Å². The Morgan fingerprint density at radius 1 is 0.375 bits per heavy atom.